The number of benzene rings is 1. The minimum Gasteiger partial charge on any atom is -0.496 e. The first-order chi connectivity index (χ1) is 7.44. The van der Waals surface area contributed by atoms with Crippen LogP contribution in [0.5, 0.6) is 5.75 Å². The van der Waals surface area contributed by atoms with Crippen molar-refractivity contribution in [3.8, 4) is 5.75 Å². The number of methoxy groups -OCH3 is 1. The molecule has 0 aliphatic carbocycles. The first kappa shape index (κ1) is 12.3. The average molecular weight is 230 g/mol. The third-order valence-electron chi connectivity index (χ3n) is 1.80. The van der Waals surface area contributed by atoms with E-state index in [9.17, 15) is 18.0 Å². The number of hydrogen-bond acceptors (Lipinski definition) is 2. The Balaban J connectivity index is 2.93. The fraction of sp³-hybridized carbons (Fsp3) is 0.182. The van der Waals surface area contributed by atoms with Crippen LogP contribution in [0, 0.1) is 0 Å². The summed E-state index contributed by atoms with van der Waals surface area (Å²) < 4.78 is 40.4. The highest BCUT2D eigenvalue weighted by atomic mass is 19.4. The second-order valence-electron chi connectivity index (χ2n) is 2.94. The van der Waals surface area contributed by atoms with Crippen molar-refractivity contribution >= 4 is 5.78 Å². The van der Waals surface area contributed by atoms with Gasteiger partial charge >= 0.3 is 6.18 Å². The summed E-state index contributed by atoms with van der Waals surface area (Å²) in [4.78, 5) is 11.4. The summed E-state index contributed by atoms with van der Waals surface area (Å²) in [6, 6.07) is 6.09. The van der Waals surface area contributed by atoms with E-state index in [0.717, 1.165) is 0 Å². The highest BCUT2D eigenvalue weighted by Gasteiger charge is 2.23. The molecule has 0 aromatic heterocycles. The monoisotopic (exact) mass is 230 g/mol. The van der Waals surface area contributed by atoms with Crippen molar-refractivity contribution in [3.05, 3.63) is 42.0 Å². The quantitative estimate of drug-likeness (QED) is 0.589. The van der Waals surface area contributed by atoms with Crippen LogP contribution in [-0.4, -0.2) is 19.1 Å². The van der Waals surface area contributed by atoms with Crippen LogP contribution in [0.2, 0.25) is 0 Å². The number of alkyl halides is 3. The number of halogens is 3. The second-order valence-corrected chi connectivity index (χ2v) is 2.94. The molecule has 0 aliphatic rings. The van der Waals surface area contributed by atoms with Crippen LogP contribution in [-0.2, 0) is 0 Å². The van der Waals surface area contributed by atoms with E-state index in [1.54, 1.807) is 12.1 Å². The number of ketones is 1. The van der Waals surface area contributed by atoms with Gasteiger partial charge in [0.15, 0.2) is 5.78 Å². The van der Waals surface area contributed by atoms with Gasteiger partial charge in [-0.3, -0.25) is 4.79 Å². The van der Waals surface area contributed by atoms with Gasteiger partial charge in [0.25, 0.3) is 0 Å². The number of carbonyl (C=O) groups is 1. The number of para-hydroxylation sites is 1. The maximum atomic E-state index is 11.8. The van der Waals surface area contributed by atoms with Crippen LogP contribution in [0.1, 0.15) is 10.4 Å². The van der Waals surface area contributed by atoms with Crippen molar-refractivity contribution in [2.45, 2.75) is 6.18 Å². The van der Waals surface area contributed by atoms with E-state index in [1.165, 1.54) is 19.2 Å². The van der Waals surface area contributed by atoms with Crippen LogP contribution in [0.4, 0.5) is 13.2 Å². The molecule has 0 bridgehead atoms. The van der Waals surface area contributed by atoms with Gasteiger partial charge in [0.1, 0.15) is 5.75 Å². The molecule has 0 amide bonds. The lowest BCUT2D eigenvalue weighted by atomic mass is 10.1. The lowest BCUT2D eigenvalue weighted by Crippen LogP contribution is -2.04. The average Bonchev–Trinajstić information content (AvgIpc) is 2.25. The van der Waals surface area contributed by atoms with Gasteiger partial charge in [0, 0.05) is 6.08 Å². The van der Waals surface area contributed by atoms with E-state index in [4.69, 9.17) is 4.74 Å². The third kappa shape index (κ3) is 3.42. The molecule has 0 heterocycles. The fourth-order valence-electron chi connectivity index (χ4n) is 1.11. The first-order valence-electron chi connectivity index (χ1n) is 4.37. The molecule has 0 unspecified atom stereocenters. The van der Waals surface area contributed by atoms with E-state index < -0.39 is 12.0 Å². The van der Waals surface area contributed by atoms with E-state index in [2.05, 4.69) is 0 Å². The number of carbonyl (C=O) groups excluding carboxylic acids is 1. The zero-order valence-electron chi connectivity index (χ0n) is 8.41. The van der Waals surface area contributed by atoms with Crippen LogP contribution in [0.3, 0.4) is 0 Å². The Hall–Kier alpha value is -1.78. The van der Waals surface area contributed by atoms with E-state index >= 15 is 0 Å². The largest absolute Gasteiger partial charge is 0.496 e. The Labute approximate surface area is 90.3 Å². The van der Waals surface area contributed by atoms with E-state index in [0.29, 0.717) is 6.08 Å². The normalized spacial score (nSPS) is 11.8. The van der Waals surface area contributed by atoms with Crippen molar-refractivity contribution in [2.24, 2.45) is 0 Å². The van der Waals surface area contributed by atoms with Crippen LogP contribution >= 0.6 is 0 Å². The predicted molar refractivity (Wildman–Crippen MR) is 52.5 cm³/mol. The summed E-state index contributed by atoms with van der Waals surface area (Å²) in [5.41, 5.74) is 0.102. The van der Waals surface area contributed by atoms with Gasteiger partial charge in [-0.15, -0.1) is 0 Å². The molecule has 1 aromatic rings. The van der Waals surface area contributed by atoms with Gasteiger partial charge in [0.05, 0.1) is 12.7 Å². The smallest absolute Gasteiger partial charge is 0.409 e. The Morgan fingerprint density at radius 2 is 1.94 bits per heavy atom. The van der Waals surface area contributed by atoms with Gasteiger partial charge in [-0.25, -0.2) is 0 Å². The summed E-state index contributed by atoms with van der Waals surface area (Å²) in [6.07, 6.45) is -4.10. The lowest BCUT2D eigenvalue weighted by molar-refractivity contribution is -0.0799. The van der Waals surface area contributed by atoms with Crippen molar-refractivity contribution in [2.75, 3.05) is 7.11 Å². The Kier molecular flexibility index (Phi) is 3.71. The molecule has 0 spiro atoms. The summed E-state index contributed by atoms with van der Waals surface area (Å²) in [7, 11) is 1.35. The molecule has 0 fully saturated rings. The number of allylic oxidation sites excluding steroid dienone is 2. The van der Waals surface area contributed by atoms with Crippen molar-refractivity contribution in [1.29, 1.82) is 0 Å². The van der Waals surface area contributed by atoms with Crippen LogP contribution < -0.4 is 4.74 Å². The van der Waals surface area contributed by atoms with Gasteiger partial charge in [-0.05, 0) is 18.2 Å². The SMILES string of the molecule is COc1ccccc1C(=O)/C=C/C(F)(F)F. The zero-order chi connectivity index (χ0) is 12.2. The predicted octanol–water partition coefficient (Wildman–Crippen LogP) is 3.00. The second kappa shape index (κ2) is 4.83. The highest BCUT2D eigenvalue weighted by Crippen LogP contribution is 2.20. The molecular weight excluding hydrogens is 221 g/mol. The summed E-state index contributed by atoms with van der Waals surface area (Å²) in [6.45, 7) is 0. The Morgan fingerprint density at radius 1 is 1.31 bits per heavy atom. The lowest BCUT2D eigenvalue weighted by Gasteiger charge is -2.04. The Bertz CT molecular complexity index is 408. The molecule has 2 nitrogen and oxygen atoms in total. The minimum absolute atomic E-state index is 0.0955. The van der Waals surface area contributed by atoms with Crippen LogP contribution in [0.25, 0.3) is 0 Å². The maximum Gasteiger partial charge on any atom is 0.409 e. The molecule has 0 radical (unpaired) electrons. The van der Waals surface area contributed by atoms with Crippen molar-refractivity contribution < 1.29 is 22.7 Å². The molecule has 0 saturated carbocycles. The van der Waals surface area contributed by atoms with Crippen molar-refractivity contribution in [3.63, 3.8) is 0 Å². The first-order valence-corrected chi connectivity index (χ1v) is 4.37. The molecular formula is C11H9F3O2. The minimum atomic E-state index is -4.49. The van der Waals surface area contributed by atoms with Crippen molar-refractivity contribution in [1.82, 2.24) is 0 Å². The molecule has 1 rings (SSSR count). The summed E-state index contributed by atoms with van der Waals surface area (Å²) in [5, 5.41) is 0. The summed E-state index contributed by atoms with van der Waals surface area (Å²) in [5.74, 6) is -0.492. The van der Waals surface area contributed by atoms with E-state index in [1.807, 2.05) is 0 Å². The molecule has 0 atom stereocenters. The number of rotatable bonds is 3. The zero-order valence-corrected chi connectivity index (χ0v) is 8.41. The van der Waals surface area contributed by atoms with Gasteiger partial charge in [-0.2, -0.15) is 13.2 Å². The standard InChI is InChI=1S/C11H9F3O2/c1-16-10-5-3-2-4-8(10)9(15)6-7-11(12,13)14/h2-7H,1H3/b7-6+. The maximum absolute atomic E-state index is 11.8. The molecule has 0 aliphatic heterocycles. The molecule has 5 heteroatoms. The molecule has 0 N–H and O–H groups in total. The third-order valence-corrected chi connectivity index (χ3v) is 1.80. The topological polar surface area (TPSA) is 26.3 Å². The molecule has 16 heavy (non-hydrogen) atoms. The summed E-state index contributed by atoms with van der Waals surface area (Å²) >= 11 is 0. The van der Waals surface area contributed by atoms with Gasteiger partial charge < -0.3 is 4.74 Å². The van der Waals surface area contributed by atoms with Gasteiger partial charge in [0.2, 0.25) is 0 Å². The fourth-order valence-corrected chi connectivity index (χ4v) is 1.11. The number of ether oxygens (including phenoxy) is 1. The number of hydrogen-bond donors (Lipinski definition) is 0. The Morgan fingerprint density at radius 3 is 2.50 bits per heavy atom. The highest BCUT2D eigenvalue weighted by molar-refractivity contribution is 6.06. The molecule has 0 saturated heterocycles. The molecule has 86 valence electrons. The van der Waals surface area contributed by atoms with E-state index in [-0.39, 0.29) is 17.4 Å². The van der Waals surface area contributed by atoms with Gasteiger partial charge in [-0.1, -0.05) is 12.1 Å². The van der Waals surface area contributed by atoms with Crippen LogP contribution in [0.15, 0.2) is 36.4 Å². The molecule has 1 aromatic carbocycles.